The van der Waals surface area contributed by atoms with Crippen molar-refractivity contribution in [2.45, 2.75) is 104 Å². The highest BCUT2D eigenvalue weighted by molar-refractivity contribution is 8.18. The molecule has 0 spiro atoms. The summed E-state index contributed by atoms with van der Waals surface area (Å²) in [5.74, 6) is -0.801. The van der Waals surface area contributed by atoms with Crippen LogP contribution in [-0.4, -0.2) is 117 Å². The lowest BCUT2D eigenvalue weighted by molar-refractivity contribution is -0.132. The Morgan fingerprint density at radius 2 is 0.935 bits per heavy atom. The normalized spacial score (nSPS) is 21.1. The van der Waals surface area contributed by atoms with Crippen molar-refractivity contribution in [2.24, 2.45) is 21.8 Å². The van der Waals surface area contributed by atoms with Gasteiger partial charge in [0, 0.05) is 91.6 Å². The second-order valence-corrected chi connectivity index (χ2v) is 24.4. The number of amides is 3. The van der Waals surface area contributed by atoms with Crippen LogP contribution in [0.5, 0.6) is 0 Å². The van der Waals surface area contributed by atoms with Crippen molar-refractivity contribution in [1.82, 2.24) is 29.8 Å². The summed E-state index contributed by atoms with van der Waals surface area (Å²) in [4.78, 5) is 69.0. The second-order valence-electron chi connectivity index (χ2n) is 20.7. The predicted octanol–water partition coefficient (Wildman–Crippen LogP) is 13.0. The highest BCUT2D eigenvalue weighted by Gasteiger charge is 2.55. The molecule has 0 fully saturated rings. The number of carboxylic acid groups (broad SMARTS) is 1. The maximum Gasteiger partial charge on any atom is 0.344 e. The van der Waals surface area contributed by atoms with Crippen LogP contribution < -0.4 is 5.32 Å². The minimum Gasteiger partial charge on any atom is -0.477 e. The first-order chi connectivity index (χ1) is 36.1. The third kappa shape index (κ3) is 13.4. The van der Waals surface area contributed by atoms with Crippen molar-refractivity contribution in [3.63, 3.8) is 0 Å². The molecule has 4 aromatic carbocycles. The van der Waals surface area contributed by atoms with Crippen LogP contribution in [0, 0.1) is 11.8 Å². The largest absolute Gasteiger partial charge is 0.477 e. The molecule has 0 saturated carbocycles. The third-order valence-electron chi connectivity index (χ3n) is 14.4. The molecule has 0 radical (unpaired) electrons. The SMILES string of the molecule is CC(=O)N(C)C[C@H](C)N(C)C(=O)C1=C(C(C)C)N2C(=N[C@@](C)(c3ccc(Cl)cc3)[C@H]2c2ccc(Cl)cc2)S1.CC(C)C1=C(C(=O)O)SC2=N[C@@](C)(c3ccc(Cl)cc3)[C@@H](c3ccc(Cl)cc3)N21.CN[C@@H](C)CN(C)C(C)=O. The molecular weight excluding hydrogens is 1090 g/mol. The van der Waals surface area contributed by atoms with Crippen LogP contribution in [0.15, 0.2) is 128 Å². The van der Waals surface area contributed by atoms with E-state index >= 15 is 0 Å². The predicted molar refractivity (Wildman–Crippen MR) is 318 cm³/mol. The fraction of sp³-hybridized carbons (Fsp3) is 0.414. The van der Waals surface area contributed by atoms with E-state index in [1.54, 1.807) is 42.8 Å². The number of allylic oxidation sites excluding steroid dienone is 2. The highest BCUT2D eigenvalue weighted by atomic mass is 35.5. The minimum atomic E-state index is -0.918. The van der Waals surface area contributed by atoms with Gasteiger partial charge in [-0.1, -0.05) is 123 Å². The number of carbonyl (C=O) groups is 4. The summed E-state index contributed by atoms with van der Waals surface area (Å²) >= 11 is 27.4. The summed E-state index contributed by atoms with van der Waals surface area (Å²) in [5.41, 5.74) is 4.67. The molecule has 13 nitrogen and oxygen atoms in total. The lowest BCUT2D eigenvalue weighted by Crippen LogP contribution is -2.44. The van der Waals surface area contributed by atoms with E-state index < -0.39 is 17.0 Å². The number of benzene rings is 4. The number of halogens is 4. The van der Waals surface area contributed by atoms with E-state index in [1.807, 2.05) is 132 Å². The van der Waals surface area contributed by atoms with Crippen LogP contribution in [0.3, 0.4) is 0 Å². The summed E-state index contributed by atoms with van der Waals surface area (Å²) in [6, 6.07) is 30.9. The van der Waals surface area contributed by atoms with Gasteiger partial charge in [-0.3, -0.25) is 14.4 Å². The van der Waals surface area contributed by atoms with Crippen molar-refractivity contribution < 1.29 is 24.3 Å². The molecule has 0 aromatic heterocycles. The maximum absolute atomic E-state index is 13.9. The standard InChI is InChI=1S/C29H34Cl2N4O2S.C22H20Cl2N2O2S.C7H16N2O/c1-17(2)24-25(27(37)34(7)18(3)16-33(6)19(4)36)38-28-32-29(5,21-10-14-23(31)15-11-21)26(35(24)28)20-8-12-22(30)13-9-20;1-12(2)17-18(20(27)28)29-21-25-22(3,14-6-10-16(24)11-7-14)19(26(17)21)13-4-8-15(23)9-5-13;1-6(8-3)5-9(4)7(2)10/h8-15,17-18,26H,16H2,1-7H3;4-12,19H,1-3H3,(H,27,28);6,8H,5H2,1-4H3/t18-,26+,29-;19-,22+;6-/m010/s1. The number of nitrogens with one attached hydrogen (secondary N) is 1. The summed E-state index contributed by atoms with van der Waals surface area (Å²) in [6.07, 6.45) is 0. The van der Waals surface area contributed by atoms with Gasteiger partial charge in [0.2, 0.25) is 11.8 Å². The number of aliphatic carboxylic acids is 1. The van der Waals surface area contributed by atoms with E-state index in [0.717, 1.165) is 45.4 Å². The first-order valence-corrected chi connectivity index (χ1v) is 28.6. The lowest BCUT2D eigenvalue weighted by atomic mass is 9.81. The summed E-state index contributed by atoms with van der Waals surface area (Å²) in [7, 11) is 7.24. The van der Waals surface area contributed by atoms with Gasteiger partial charge in [-0.25, -0.2) is 14.8 Å². The molecule has 412 valence electrons. The fourth-order valence-corrected chi connectivity index (χ4v) is 12.9. The van der Waals surface area contributed by atoms with Crippen molar-refractivity contribution in [2.75, 3.05) is 41.3 Å². The number of nitrogens with zero attached hydrogens (tertiary/aromatic N) is 7. The van der Waals surface area contributed by atoms with Gasteiger partial charge in [0.25, 0.3) is 5.91 Å². The van der Waals surface area contributed by atoms with Gasteiger partial charge in [-0.2, -0.15) is 0 Å². The zero-order chi connectivity index (χ0) is 57.0. The van der Waals surface area contributed by atoms with Crippen molar-refractivity contribution in [3.8, 4) is 0 Å². The lowest BCUT2D eigenvalue weighted by Gasteiger charge is -2.37. The molecular formula is C58H70Cl4N8O5S2. The van der Waals surface area contributed by atoms with Gasteiger partial charge in [-0.05, 0) is 141 Å². The quantitative estimate of drug-likeness (QED) is 0.125. The van der Waals surface area contributed by atoms with Crippen LogP contribution in [0.25, 0.3) is 0 Å². The number of hydrogen-bond acceptors (Lipinski definition) is 11. The average Bonchev–Trinajstić information content (AvgIpc) is 4.09. The van der Waals surface area contributed by atoms with Gasteiger partial charge in [0.05, 0.1) is 12.1 Å². The van der Waals surface area contributed by atoms with Gasteiger partial charge in [-0.15, -0.1) is 0 Å². The van der Waals surface area contributed by atoms with E-state index in [-0.39, 0.29) is 47.7 Å². The van der Waals surface area contributed by atoms with Crippen molar-refractivity contribution >= 4 is 104 Å². The van der Waals surface area contributed by atoms with Crippen LogP contribution in [0.1, 0.15) is 104 Å². The van der Waals surface area contributed by atoms with E-state index in [9.17, 15) is 24.3 Å². The summed E-state index contributed by atoms with van der Waals surface area (Å²) in [6.45, 7) is 20.8. The van der Waals surface area contributed by atoms with Crippen LogP contribution >= 0.6 is 69.9 Å². The molecule has 0 unspecified atom stereocenters. The number of thioether (sulfide) groups is 2. The highest BCUT2D eigenvalue weighted by Crippen LogP contribution is 2.58. The maximum atomic E-state index is 13.9. The van der Waals surface area contributed by atoms with Gasteiger partial charge in [0.15, 0.2) is 10.3 Å². The van der Waals surface area contributed by atoms with Crippen molar-refractivity contribution in [3.05, 3.63) is 161 Å². The molecule has 4 aliphatic rings. The van der Waals surface area contributed by atoms with E-state index in [4.69, 9.17) is 56.4 Å². The number of hydrogen-bond donors (Lipinski definition) is 2. The first-order valence-electron chi connectivity index (χ1n) is 25.4. The summed E-state index contributed by atoms with van der Waals surface area (Å²) in [5, 5.41) is 17.0. The minimum absolute atomic E-state index is 0.0303. The number of fused-ring (bicyclic) bond motifs is 2. The zero-order valence-corrected chi connectivity index (χ0v) is 50.8. The number of rotatable bonds is 14. The molecule has 4 heterocycles. The van der Waals surface area contributed by atoms with Crippen LogP contribution in [-0.2, 0) is 30.3 Å². The first kappa shape index (κ1) is 61.2. The van der Waals surface area contributed by atoms with Gasteiger partial charge >= 0.3 is 5.97 Å². The van der Waals surface area contributed by atoms with Crippen LogP contribution in [0.4, 0.5) is 0 Å². The molecule has 0 saturated heterocycles. The van der Waals surface area contributed by atoms with E-state index in [1.165, 1.54) is 30.4 Å². The topological polar surface area (TPSA) is 141 Å². The Kier molecular flexibility index (Phi) is 20.2. The Bertz CT molecular complexity index is 2960. The third-order valence-corrected chi connectivity index (χ3v) is 17.5. The molecule has 4 aliphatic heterocycles. The smallest absolute Gasteiger partial charge is 0.344 e. The molecule has 3 amide bonds. The fourth-order valence-electron chi connectivity index (χ4n) is 9.77. The van der Waals surface area contributed by atoms with Gasteiger partial charge in [0.1, 0.15) is 20.9 Å². The van der Waals surface area contributed by atoms with E-state index in [0.29, 0.717) is 47.7 Å². The number of likely N-dealkylation sites (N-methyl/N-ethyl adjacent to an activating group) is 4. The molecule has 6 atom stereocenters. The molecule has 19 heteroatoms. The monoisotopic (exact) mass is 1160 g/mol. The number of carbonyl (C=O) groups excluding carboxylic acids is 3. The second kappa shape index (κ2) is 25.4. The molecule has 4 aromatic rings. The molecule has 77 heavy (non-hydrogen) atoms. The number of carboxylic acids is 1. The Labute approximate surface area is 483 Å². The Morgan fingerprint density at radius 3 is 1.27 bits per heavy atom. The van der Waals surface area contributed by atoms with Crippen molar-refractivity contribution in [1.29, 1.82) is 0 Å². The molecule has 8 rings (SSSR count). The zero-order valence-electron chi connectivity index (χ0n) is 46.2. The Morgan fingerprint density at radius 1 is 0.597 bits per heavy atom. The average molecular weight is 1170 g/mol. The molecule has 2 N–H and O–H groups in total. The van der Waals surface area contributed by atoms with E-state index in [2.05, 4.69) is 42.8 Å². The Balaban J connectivity index is 0.000000217. The molecule has 0 bridgehead atoms. The summed E-state index contributed by atoms with van der Waals surface area (Å²) < 4.78 is 0. The Hall–Kier alpha value is -5.00. The molecule has 0 aliphatic carbocycles. The number of amidine groups is 2. The number of aliphatic imine (C=N–C) groups is 2. The van der Waals surface area contributed by atoms with Crippen LogP contribution in [0.2, 0.25) is 20.1 Å². The van der Waals surface area contributed by atoms with Gasteiger partial charge < -0.3 is 34.9 Å².